The number of aromatic nitrogens is 2. The first-order valence-corrected chi connectivity index (χ1v) is 6.47. The second-order valence-corrected chi connectivity index (χ2v) is 5.30. The fourth-order valence-corrected chi connectivity index (χ4v) is 2.74. The zero-order chi connectivity index (χ0) is 13.1. The first kappa shape index (κ1) is 12.9. The van der Waals surface area contributed by atoms with Crippen molar-refractivity contribution in [3.8, 4) is 0 Å². The zero-order valence-electron chi connectivity index (χ0n) is 10.9. The van der Waals surface area contributed by atoms with Crippen molar-refractivity contribution in [3.63, 3.8) is 0 Å². The van der Waals surface area contributed by atoms with E-state index in [1.54, 1.807) is 11.6 Å². The van der Waals surface area contributed by atoms with Crippen LogP contribution in [0.5, 0.6) is 0 Å². The molecule has 6 heteroatoms. The highest BCUT2D eigenvalue weighted by Crippen LogP contribution is 2.29. The summed E-state index contributed by atoms with van der Waals surface area (Å²) in [6.07, 6.45) is 6.47. The maximum Gasteiger partial charge on any atom is 0.406 e. The second kappa shape index (κ2) is 5.37. The van der Waals surface area contributed by atoms with Gasteiger partial charge in [0.15, 0.2) is 0 Å². The summed E-state index contributed by atoms with van der Waals surface area (Å²) in [7, 11) is 1.77. The quantitative estimate of drug-likeness (QED) is 0.660. The minimum Gasteiger partial charge on any atom is -0.364 e. The predicted molar refractivity (Wildman–Crippen MR) is 69.5 cm³/mol. The van der Waals surface area contributed by atoms with Gasteiger partial charge in [0.05, 0.1) is 0 Å². The summed E-state index contributed by atoms with van der Waals surface area (Å²) < 4.78 is 1.67. The van der Waals surface area contributed by atoms with Crippen LogP contribution in [0.1, 0.15) is 32.6 Å². The van der Waals surface area contributed by atoms with Gasteiger partial charge in [-0.2, -0.15) is 0 Å². The van der Waals surface area contributed by atoms with Crippen molar-refractivity contribution in [2.45, 2.75) is 32.6 Å². The molecule has 1 N–H and O–H groups in total. The van der Waals surface area contributed by atoms with Crippen LogP contribution < -0.4 is 5.32 Å². The molecule has 1 aromatic heterocycles. The average molecular weight is 252 g/mol. The minimum absolute atomic E-state index is 0.0821. The molecule has 0 bridgehead atoms. The Bertz CT molecular complexity index is 430. The standard InChI is InChI=1S/C12H20N4O2/c1-9-4-3-5-10(6-9)7-13-11-12(16(17)18)14-8-15(11)2/h8-10,13H,3-7H2,1-2H3. The largest absolute Gasteiger partial charge is 0.406 e. The van der Waals surface area contributed by atoms with Crippen molar-refractivity contribution in [1.29, 1.82) is 0 Å². The molecular formula is C12H20N4O2. The zero-order valence-corrected chi connectivity index (χ0v) is 10.9. The van der Waals surface area contributed by atoms with Crippen LogP contribution in [0.15, 0.2) is 6.33 Å². The number of rotatable bonds is 4. The molecule has 0 aromatic carbocycles. The summed E-state index contributed by atoms with van der Waals surface area (Å²) >= 11 is 0. The third-order valence-corrected chi connectivity index (χ3v) is 3.69. The van der Waals surface area contributed by atoms with Crippen LogP contribution in [-0.2, 0) is 7.05 Å². The first-order chi connectivity index (χ1) is 8.58. The number of nitro groups is 1. The highest BCUT2D eigenvalue weighted by molar-refractivity contribution is 5.51. The highest BCUT2D eigenvalue weighted by atomic mass is 16.6. The van der Waals surface area contributed by atoms with Gasteiger partial charge in [0.2, 0.25) is 12.1 Å². The van der Waals surface area contributed by atoms with Crippen LogP contribution in [0, 0.1) is 22.0 Å². The summed E-state index contributed by atoms with van der Waals surface area (Å²) in [5, 5.41) is 14.0. The topological polar surface area (TPSA) is 73.0 Å². The Morgan fingerprint density at radius 1 is 1.61 bits per heavy atom. The van der Waals surface area contributed by atoms with Gasteiger partial charge < -0.3 is 15.4 Å². The number of nitrogens with one attached hydrogen (secondary N) is 1. The molecule has 1 aliphatic carbocycles. The molecule has 0 aliphatic heterocycles. The molecule has 0 radical (unpaired) electrons. The third kappa shape index (κ3) is 2.80. The van der Waals surface area contributed by atoms with Crippen molar-refractivity contribution in [2.75, 3.05) is 11.9 Å². The molecule has 1 saturated carbocycles. The lowest BCUT2D eigenvalue weighted by Gasteiger charge is -2.26. The molecule has 6 nitrogen and oxygen atoms in total. The van der Waals surface area contributed by atoms with Crippen LogP contribution in [0.25, 0.3) is 0 Å². The van der Waals surface area contributed by atoms with Gasteiger partial charge in [-0.3, -0.25) is 4.57 Å². The van der Waals surface area contributed by atoms with Gasteiger partial charge in [-0.15, -0.1) is 0 Å². The van der Waals surface area contributed by atoms with E-state index in [9.17, 15) is 10.1 Å². The van der Waals surface area contributed by atoms with Crippen LogP contribution in [0.3, 0.4) is 0 Å². The Hall–Kier alpha value is -1.59. The van der Waals surface area contributed by atoms with E-state index in [2.05, 4.69) is 17.2 Å². The molecule has 2 rings (SSSR count). The van der Waals surface area contributed by atoms with E-state index in [1.807, 2.05) is 0 Å². The lowest BCUT2D eigenvalue weighted by Crippen LogP contribution is -2.22. The molecule has 100 valence electrons. The third-order valence-electron chi connectivity index (χ3n) is 3.69. The van der Waals surface area contributed by atoms with Gasteiger partial charge in [0, 0.05) is 13.6 Å². The SMILES string of the molecule is CC1CCCC(CNc2c([N+](=O)[O-])ncn2C)C1. The summed E-state index contributed by atoms with van der Waals surface area (Å²) in [6, 6.07) is 0. The van der Waals surface area contributed by atoms with Crippen LogP contribution >= 0.6 is 0 Å². The Kier molecular flexibility index (Phi) is 3.84. The molecule has 2 atom stereocenters. The van der Waals surface area contributed by atoms with Crippen LogP contribution in [-0.4, -0.2) is 21.0 Å². The van der Waals surface area contributed by atoms with E-state index >= 15 is 0 Å². The minimum atomic E-state index is -0.439. The first-order valence-electron chi connectivity index (χ1n) is 6.47. The fraction of sp³-hybridized carbons (Fsp3) is 0.750. The Balaban J connectivity index is 1.97. The number of hydrogen-bond acceptors (Lipinski definition) is 4. The van der Waals surface area contributed by atoms with Crippen molar-refractivity contribution < 1.29 is 4.92 Å². The van der Waals surface area contributed by atoms with Crippen molar-refractivity contribution in [2.24, 2.45) is 18.9 Å². The van der Waals surface area contributed by atoms with Crippen LogP contribution in [0.4, 0.5) is 11.6 Å². The highest BCUT2D eigenvalue weighted by Gasteiger charge is 2.23. The van der Waals surface area contributed by atoms with Gasteiger partial charge in [-0.1, -0.05) is 19.8 Å². The van der Waals surface area contributed by atoms with Crippen LogP contribution in [0.2, 0.25) is 0 Å². The number of hydrogen-bond donors (Lipinski definition) is 1. The fourth-order valence-electron chi connectivity index (χ4n) is 2.74. The summed E-state index contributed by atoms with van der Waals surface area (Å²) in [5.41, 5.74) is 0. The van der Waals surface area contributed by atoms with Gasteiger partial charge >= 0.3 is 5.82 Å². The van der Waals surface area contributed by atoms with E-state index < -0.39 is 4.92 Å². The molecule has 0 spiro atoms. The number of anilines is 1. The molecular weight excluding hydrogens is 232 g/mol. The van der Waals surface area contributed by atoms with Crippen molar-refractivity contribution in [1.82, 2.24) is 9.55 Å². The average Bonchev–Trinajstić information content (AvgIpc) is 2.68. The molecule has 2 unspecified atom stereocenters. The molecule has 1 aliphatic rings. The molecule has 1 heterocycles. The lowest BCUT2D eigenvalue weighted by molar-refractivity contribution is -0.388. The van der Waals surface area contributed by atoms with E-state index in [0.29, 0.717) is 11.7 Å². The summed E-state index contributed by atoms with van der Waals surface area (Å²) in [4.78, 5) is 14.2. The lowest BCUT2D eigenvalue weighted by atomic mass is 9.82. The Morgan fingerprint density at radius 3 is 3.06 bits per heavy atom. The predicted octanol–water partition coefficient (Wildman–Crippen LogP) is 2.57. The Labute approximate surface area is 107 Å². The maximum absolute atomic E-state index is 10.8. The monoisotopic (exact) mass is 252 g/mol. The number of nitrogens with zero attached hydrogens (tertiary/aromatic N) is 3. The van der Waals surface area contributed by atoms with Crippen molar-refractivity contribution in [3.05, 3.63) is 16.4 Å². The maximum atomic E-state index is 10.8. The second-order valence-electron chi connectivity index (χ2n) is 5.30. The van der Waals surface area contributed by atoms with E-state index in [-0.39, 0.29) is 5.82 Å². The van der Waals surface area contributed by atoms with E-state index in [1.165, 1.54) is 32.0 Å². The molecule has 0 saturated heterocycles. The van der Waals surface area contributed by atoms with Gasteiger partial charge in [0.1, 0.15) is 0 Å². The van der Waals surface area contributed by atoms with E-state index in [0.717, 1.165) is 12.5 Å². The van der Waals surface area contributed by atoms with Gasteiger partial charge in [0.25, 0.3) is 0 Å². The summed E-state index contributed by atoms with van der Waals surface area (Å²) in [5.74, 6) is 1.81. The normalized spacial score (nSPS) is 23.9. The molecule has 1 fully saturated rings. The number of aryl methyl sites for hydroxylation is 1. The summed E-state index contributed by atoms with van der Waals surface area (Å²) in [6.45, 7) is 3.07. The molecule has 0 amide bonds. The van der Waals surface area contributed by atoms with Gasteiger partial charge in [-0.25, -0.2) is 0 Å². The smallest absolute Gasteiger partial charge is 0.364 e. The van der Waals surface area contributed by atoms with E-state index in [4.69, 9.17) is 0 Å². The molecule has 1 aromatic rings. The molecule has 18 heavy (non-hydrogen) atoms. The number of imidazole rings is 1. The van der Waals surface area contributed by atoms with Crippen molar-refractivity contribution >= 4 is 11.6 Å². The Morgan fingerprint density at radius 2 is 2.39 bits per heavy atom. The van der Waals surface area contributed by atoms with Gasteiger partial charge in [-0.05, 0) is 34.6 Å².